The molecular formula is C19H18F8. The van der Waals surface area contributed by atoms with E-state index in [1.54, 1.807) is 12.1 Å². The number of rotatable bonds is 2. The number of benzene rings is 2. The van der Waals surface area contributed by atoms with Crippen LogP contribution in [0.4, 0.5) is 35.1 Å². The molecular weight excluding hydrogens is 380 g/mol. The van der Waals surface area contributed by atoms with Gasteiger partial charge in [-0.1, -0.05) is 36.8 Å². The van der Waals surface area contributed by atoms with Crippen molar-refractivity contribution in [2.75, 3.05) is 0 Å². The Labute approximate surface area is 151 Å². The summed E-state index contributed by atoms with van der Waals surface area (Å²) < 4.78 is 99.0. The lowest BCUT2D eigenvalue weighted by molar-refractivity contribution is -0.143. The summed E-state index contributed by atoms with van der Waals surface area (Å²) in [6.07, 6.45) is -9.40. The van der Waals surface area contributed by atoms with Crippen LogP contribution in [0.5, 0.6) is 0 Å². The lowest BCUT2D eigenvalue weighted by Crippen LogP contribution is -2.11. The van der Waals surface area contributed by atoms with Gasteiger partial charge in [-0.05, 0) is 37.1 Å². The lowest BCUT2D eigenvalue weighted by Gasteiger charge is -2.13. The molecule has 0 unspecified atom stereocenters. The summed E-state index contributed by atoms with van der Waals surface area (Å²) in [6.45, 7) is 4.27. The Morgan fingerprint density at radius 1 is 0.667 bits per heavy atom. The Balaban J connectivity index is 0.000000289. The summed E-state index contributed by atoms with van der Waals surface area (Å²) in [7, 11) is 0. The molecule has 0 aliphatic carbocycles. The molecule has 0 N–H and O–H groups in total. The zero-order chi connectivity index (χ0) is 21.0. The Bertz CT molecular complexity index is 702. The second-order valence-electron chi connectivity index (χ2n) is 6.02. The van der Waals surface area contributed by atoms with Gasteiger partial charge in [0.15, 0.2) is 0 Å². The molecule has 0 aliphatic heterocycles. The van der Waals surface area contributed by atoms with Gasteiger partial charge in [-0.3, -0.25) is 0 Å². The second-order valence-corrected chi connectivity index (χ2v) is 6.02. The third kappa shape index (κ3) is 7.19. The molecule has 0 amide bonds. The highest BCUT2D eigenvalue weighted by molar-refractivity contribution is 5.33. The van der Waals surface area contributed by atoms with Crippen molar-refractivity contribution in [2.24, 2.45) is 0 Å². The number of alkyl halides is 8. The van der Waals surface area contributed by atoms with Crippen LogP contribution in [0.15, 0.2) is 42.5 Å². The van der Waals surface area contributed by atoms with Gasteiger partial charge in [-0.2, -0.15) is 26.3 Å². The van der Waals surface area contributed by atoms with Crippen molar-refractivity contribution in [1.82, 2.24) is 0 Å². The fourth-order valence-corrected chi connectivity index (χ4v) is 2.07. The van der Waals surface area contributed by atoms with Gasteiger partial charge in [0.2, 0.25) is 0 Å². The van der Waals surface area contributed by atoms with Gasteiger partial charge in [0.05, 0.1) is 11.1 Å². The summed E-state index contributed by atoms with van der Waals surface area (Å²) in [5, 5.41) is 0. The maximum absolute atomic E-state index is 12.6. The predicted octanol–water partition coefficient (Wildman–Crippen LogP) is 7.39. The fourth-order valence-electron chi connectivity index (χ4n) is 2.07. The molecule has 0 atom stereocenters. The van der Waals surface area contributed by atoms with E-state index in [0.717, 1.165) is 24.6 Å². The maximum atomic E-state index is 12.6. The first-order valence-corrected chi connectivity index (χ1v) is 7.88. The first kappa shape index (κ1) is 22.9. The average molecular weight is 398 g/mol. The van der Waals surface area contributed by atoms with E-state index >= 15 is 0 Å². The normalized spacial score (nSPS) is 12.4. The van der Waals surface area contributed by atoms with Gasteiger partial charge < -0.3 is 0 Å². The summed E-state index contributed by atoms with van der Waals surface area (Å²) in [6, 6.07) is 7.87. The summed E-state index contributed by atoms with van der Waals surface area (Å²) in [5.74, 6) is -2.71. The SMILES string of the molecule is CCc1cc(C(F)(F)F)cc(C(F)(F)F)c1.Cc1ccc(C(C)(F)F)cc1. The number of hydrogen-bond acceptors (Lipinski definition) is 0. The highest BCUT2D eigenvalue weighted by Crippen LogP contribution is 2.36. The van der Waals surface area contributed by atoms with Crippen molar-refractivity contribution in [3.05, 3.63) is 70.3 Å². The summed E-state index contributed by atoms with van der Waals surface area (Å²) in [5.41, 5.74) is -1.44. The van der Waals surface area contributed by atoms with Gasteiger partial charge in [-0.25, -0.2) is 8.78 Å². The predicted molar refractivity (Wildman–Crippen MR) is 86.6 cm³/mol. The maximum Gasteiger partial charge on any atom is 0.416 e. The molecule has 2 rings (SSSR count). The van der Waals surface area contributed by atoms with Crippen molar-refractivity contribution >= 4 is 0 Å². The molecule has 0 bridgehead atoms. The highest BCUT2D eigenvalue weighted by Gasteiger charge is 2.36. The Hall–Kier alpha value is -2.12. The molecule has 0 saturated heterocycles. The number of hydrogen-bond donors (Lipinski definition) is 0. The van der Waals surface area contributed by atoms with E-state index in [1.807, 2.05) is 6.92 Å². The molecule has 0 spiro atoms. The summed E-state index contributed by atoms with van der Waals surface area (Å²) >= 11 is 0. The monoisotopic (exact) mass is 398 g/mol. The van der Waals surface area contributed by atoms with Crippen LogP contribution in [-0.2, 0) is 24.7 Å². The van der Waals surface area contributed by atoms with Crippen LogP contribution < -0.4 is 0 Å². The van der Waals surface area contributed by atoms with Crippen molar-refractivity contribution in [2.45, 2.75) is 45.5 Å². The van der Waals surface area contributed by atoms with Gasteiger partial charge >= 0.3 is 12.4 Å². The van der Waals surface area contributed by atoms with Gasteiger partial charge in [0.25, 0.3) is 5.92 Å². The minimum absolute atomic E-state index is 0.0159. The van der Waals surface area contributed by atoms with Crippen LogP contribution in [0.1, 0.15) is 41.7 Å². The van der Waals surface area contributed by atoms with Gasteiger partial charge in [0.1, 0.15) is 0 Å². The standard InChI is InChI=1S/C10H8F6.C9H10F2/c1-2-6-3-7(9(11,12)13)5-8(4-6)10(14,15)16;1-7-3-5-8(6-4-7)9(2,10)11/h3-5H,2H2,1H3;3-6H,1-2H3. The van der Waals surface area contributed by atoms with Crippen LogP contribution in [0.2, 0.25) is 0 Å². The molecule has 0 saturated carbocycles. The van der Waals surface area contributed by atoms with Gasteiger partial charge in [-0.15, -0.1) is 0 Å². The van der Waals surface area contributed by atoms with E-state index < -0.39 is 29.4 Å². The van der Waals surface area contributed by atoms with Crippen LogP contribution >= 0.6 is 0 Å². The molecule has 150 valence electrons. The van der Waals surface area contributed by atoms with E-state index in [2.05, 4.69) is 0 Å². The van der Waals surface area contributed by atoms with Crippen molar-refractivity contribution < 1.29 is 35.1 Å². The smallest absolute Gasteiger partial charge is 0.202 e. The van der Waals surface area contributed by atoms with Crippen molar-refractivity contribution in [3.8, 4) is 0 Å². The Kier molecular flexibility index (Phi) is 7.02. The lowest BCUT2D eigenvalue weighted by atomic mass is 10.0. The third-order valence-electron chi connectivity index (χ3n) is 3.61. The van der Waals surface area contributed by atoms with E-state index in [0.29, 0.717) is 0 Å². The number of aryl methyl sites for hydroxylation is 2. The molecule has 0 fully saturated rings. The highest BCUT2D eigenvalue weighted by atomic mass is 19.4. The fraction of sp³-hybridized carbons (Fsp3) is 0.368. The third-order valence-corrected chi connectivity index (χ3v) is 3.61. The van der Waals surface area contributed by atoms with Crippen molar-refractivity contribution in [1.29, 1.82) is 0 Å². The summed E-state index contributed by atoms with van der Waals surface area (Å²) in [4.78, 5) is 0. The topological polar surface area (TPSA) is 0 Å². The van der Waals surface area contributed by atoms with Gasteiger partial charge in [0, 0.05) is 12.5 Å². The molecule has 0 radical (unpaired) electrons. The molecule has 0 aliphatic rings. The zero-order valence-electron chi connectivity index (χ0n) is 14.8. The second kappa shape index (κ2) is 8.27. The molecule has 0 aromatic heterocycles. The van der Waals surface area contributed by atoms with E-state index in [4.69, 9.17) is 0 Å². The minimum atomic E-state index is -4.76. The Morgan fingerprint density at radius 2 is 1.07 bits per heavy atom. The minimum Gasteiger partial charge on any atom is -0.202 e. The van der Waals surface area contributed by atoms with Crippen LogP contribution in [0.25, 0.3) is 0 Å². The van der Waals surface area contributed by atoms with E-state index in [9.17, 15) is 35.1 Å². The average Bonchev–Trinajstić information content (AvgIpc) is 2.53. The quantitative estimate of drug-likeness (QED) is 0.463. The number of halogens is 8. The van der Waals surface area contributed by atoms with Crippen LogP contribution in [0.3, 0.4) is 0 Å². The zero-order valence-corrected chi connectivity index (χ0v) is 14.8. The molecule has 8 heteroatoms. The first-order chi connectivity index (χ1) is 12.1. The molecule has 0 heterocycles. The molecule has 2 aromatic rings. The van der Waals surface area contributed by atoms with E-state index in [-0.39, 0.29) is 23.6 Å². The molecule has 0 nitrogen and oxygen atoms in total. The van der Waals surface area contributed by atoms with E-state index in [1.165, 1.54) is 19.1 Å². The molecule has 2 aromatic carbocycles. The van der Waals surface area contributed by atoms with Crippen molar-refractivity contribution in [3.63, 3.8) is 0 Å². The van der Waals surface area contributed by atoms with Crippen LogP contribution in [0, 0.1) is 6.92 Å². The Morgan fingerprint density at radius 3 is 1.37 bits per heavy atom. The first-order valence-electron chi connectivity index (χ1n) is 7.88. The van der Waals surface area contributed by atoms with Crippen LogP contribution in [-0.4, -0.2) is 0 Å². The molecule has 27 heavy (non-hydrogen) atoms. The largest absolute Gasteiger partial charge is 0.416 e.